The fraction of sp³-hybridized carbons (Fsp3) is 1.00. The third-order valence-corrected chi connectivity index (χ3v) is 11.9. The van der Waals surface area contributed by atoms with Crippen LogP contribution in [0.15, 0.2) is 0 Å². The fourth-order valence-corrected chi connectivity index (χ4v) is 12.1. The first-order valence-corrected chi connectivity index (χ1v) is 12.9. The first-order valence-electron chi connectivity index (χ1n) is 11.9. The minimum atomic E-state index is 0.741. The van der Waals surface area contributed by atoms with Gasteiger partial charge in [-0.3, -0.25) is 0 Å². The minimum Gasteiger partial charge on any atom is -0.154 e. The molecule has 0 atom stereocenters. The highest BCUT2D eigenvalue weighted by Crippen LogP contribution is 2.71. The molecule has 0 amide bonds. The monoisotopic (exact) mass is 358 g/mol. The average molecular weight is 359 g/mol. The van der Waals surface area contributed by atoms with E-state index < -0.39 is 0 Å². The molecule has 8 bridgehead atoms. The average Bonchev–Trinajstić information content (AvgIpc) is 2.57. The molecule has 8 saturated carbocycles. The Labute approximate surface area is 159 Å². The van der Waals surface area contributed by atoms with Gasteiger partial charge in [-0.2, -0.15) is 11.8 Å². The number of hydrogen-bond donors (Lipinski definition) is 0. The summed E-state index contributed by atoms with van der Waals surface area (Å²) in [6.07, 6.45) is 19.2. The fourth-order valence-electron chi connectivity index (χ4n) is 9.85. The Hall–Kier alpha value is 0.350. The summed E-state index contributed by atoms with van der Waals surface area (Å²) < 4.78 is 0.741. The molecule has 0 radical (unpaired) electrons. The van der Waals surface area contributed by atoms with Gasteiger partial charge < -0.3 is 0 Å². The number of thioether (sulfide) groups is 1. The minimum absolute atomic E-state index is 0.741. The predicted octanol–water partition coefficient (Wildman–Crippen LogP) is 6.79. The molecule has 0 aromatic rings. The molecule has 0 nitrogen and oxygen atoms in total. The highest BCUT2D eigenvalue weighted by Gasteiger charge is 2.65. The Balaban J connectivity index is 1.37. The van der Waals surface area contributed by atoms with Crippen LogP contribution in [0.1, 0.15) is 84.0 Å². The Bertz CT molecular complexity index is 466. The van der Waals surface area contributed by atoms with Crippen molar-refractivity contribution < 1.29 is 0 Å². The molecule has 140 valence electrons. The van der Waals surface area contributed by atoms with E-state index in [0.29, 0.717) is 0 Å². The van der Waals surface area contributed by atoms with E-state index >= 15 is 0 Å². The lowest BCUT2D eigenvalue weighted by Crippen LogP contribution is -2.65. The van der Waals surface area contributed by atoms with Gasteiger partial charge in [0.15, 0.2) is 0 Å². The third-order valence-electron chi connectivity index (χ3n) is 10.0. The van der Waals surface area contributed by atoms with Crippen molar-refractivity contribution >= 4 is 11.8 Å². The lowest BCUT2D eigenvalue weighted by Gasteiger charge is -2.69. The Morgan fingerprint density at radius 1 is 0.680 bits per heavy atom. The predicted molar refractivity (Wildman–Crippen MR) is 108 cm³/mol. The van der Waals surface area contributed by atoms with Crippen molar-refractivity contribution in [2.24, 2.45) is 53.3 Å². The molecule has 1 heteroatoms. The first-order chi connectivity index (χ1) is 12.3. The van der Waals surface area contributed by atoms with Gasteiger partial charge in [-0.1, -0.05) is 13.3 Å². The molecular formula is C24H38S. The number of rotatable bonds is 5. The maximum atomic E-state index is 2.56. The van der Waals surface area contributed by atoms with Crippen LogP contribution in [-0.4, -0.2) is 10.5 Å². The van der Waals surface area contributed by atoms with Crippen LogP contribution in [-0.2, 0) is 0 Å². The molecule has 0 aliphatic heterocycles. The Morgan fingerprint density at radius 2 is 1.16 bits per heavy atom. The zero-order valence-electron chi connectivity index (χ0n) is 16.3. The van der Waals surface area contributed by atoms with Crippen LogP contribution in [0.4, 0.5) is 0 Å². The van der Waals surface area contributed by atoms with Crippen molar-refractivity contribution in [3.8, 4) is 0 Å². The second kappa shape index (κ2) is 5.92. The van der Waals surface area contributed by atoms with Crippen molar-refractivity contribution in [2.75, 3.05) is 5.75 Å². The highest BCUT2D eigenvalue weighted by molar-refractivity contribution is 8.00. The summed E-state index contributed by atoms with van der Waals surface area (Å²) >= 11 is 2.56. The van der Waals surface area contributed by atoms with Crippen LogP contribution in [0.25, 0.3) is 0 Å². The summed E-state index contributed by atoms with van der Waals surface area (Å²) in [6.45, 7) is 2.40. The van der Waals surface area contributed by atoms with Crippen LogP contribution in [0.2, 0.25) is 0 Å². The van der Waals surface area contributed by atoms with Gasteiger partial charge in [-0.05, 0) is 130 Å². The largest absolute Gasteiger partial charge is 0.154 e. The summed E-state index contributed by atoms with van der Waals surface area (Å²) in [5.74, 6) is 11.7. The van der Waals surface area contributed by atoms with Crippen LogP contribution in [0.5, 0.6) is 0 Å². The molecule has 0 saturated heterocycles. The molecule has 0 heterocycles. The lowest BCUT2D eigenvalue weighted by atomic mass is 9.41. The van der Waals surface area contributed by atoms with Gasteiger partial charge in [0.2, 0.25) is 0 Å². The quantitative estimate of drug-likeness (QED) is 0.488. The van der Waals surface area contributed by atoms with Crippen molar-refractivity contribution in [1.29, 1.82) is 0 Å². The maximum absolute atomic E-state index is 2.56. The van der Waals surface area contributed by atoms with Gasteiger partial charge in [-0.25, -0.2) is 0 Å². The van der Waals surface area contributed by atoms with E-state index in [2.05, 4.69) is 18.7 Å². The van der Waals surface area contributed by atoms with Crippen LogP contribution in [0, 0.1) is 53.3 Å². The second-order valence-corrected chi connectivity index (χ2v) is 12.7. The Morgan fingerprint density at radius 3 is 1.64 bits per heavy atom. The second-order valence-electron chi connectivity index (χ2n) is 11.3. The smallest absolute Gasteiger partial charge is 0.0250 e. The van der Waals surface area contributed by atoms with E-state index in [1.165, 1.54) is 18.6 Å². The van der Waals surface area contributed by atoms with Gasteiger partial charge in [0.1, 0.15) is 0 Å². The van der Waals surface area contributed by atoms with Gasteiger partial charge in [0.25, 0.3) is 0 Å². The molecule has 0 spiro atoms. The molecule has 8 rings (SSSR count). The number of hydrogen-bond acceptors (Lipinski definition) is 1. The molecule has 0 unspecified atom stereocenters. The highest BCUT2D eigenvalue weighted by atomic mass is 32.2. The van der Waals surface area contributed by atoms with E-state index in [1.54, 1.807) is 64.2 Å². The third kappa shape index (κ3) is 2.32. The molecule has 0 aromatic carbocycles. The molecule has 8 aliphatic carbocycles. The summed E-state index contributed by atoms with van der Waals surface area (Å²) in [5.41, 5.74) is 0. The van der Waals surface area contributed by atoms with Crippen molar-refractivity contribution in [3.05, 3.63) is 0 Å². The van der Waals surface area contributed by atoms with E-state index in [9.17, 15) is 0 Å². The molecule has 8 aliphatic rings. The Kier molecular flexibility index (Phi) is 3.87. The van der Waals surface area contributed by atoms with Crippen LogP contribution in [0.3, 0.4) is 0 Å². The summed E-state index contributed by atoms with van der Waals surface area (Å²) in [4.78, 5) is 0. The molecule has 25 heavy (non-hydrogen) atoms. The molecular weight excluding hydrogens is 320 g/mol. The lowest BCUT2D eigenvalue weighted by molar-refractivity contribution is -0.119. The van der Waals surface area contributed by atoms with Crippen molar-refractivity contribution in [2.45, 2.75) is 88.7 Å². The first kappa shape index (κ1) is 16.3. The van der Waals surface area contributed by atoms with E-state index in [4.69, 9.17) is 0 Å². The standard InChI is InChI=1S/C24H38S/c1-2-3-4-25-24(21-11-17-6-18(13-21)14-22(24)12-17)23-19-7-15-5-16(9-19)10-20(23)8-15/h15-23H,2-14H2,1H3. The number of fused-ring (bicyclic) bond motifs is 1. The van der Waals surface area contributed by atoms with Crippen LogP contribution >= 0.6 is 11.8 Å². The van der Waals surface area contributed by atoms with Crippen molar-refractivity contribution in [1.82, 2.24) is 0 Å². The normalized spacial score (nSPS) is 58.2. The van der Waals surface area contributed by atoms with E-state index in [-0.39, 0.29) is 0 Å². The van der Waals surface area contributed by atoms with Crippen LogP contribution < -0.4 is 0 Å². The maximum Gasteiger partial charge on any atom is 0.0250 e. The van der Waals surface area contributed by atoms with Gasteiger partial charge in [0, 0.05) is 4.75 Å². The van der Waals surface area contributed by atoms with E-state index in [1.807, 2.05) is 0 Å². The molecule has 0 aromatic heterocycles. The summed E-state index contributed by atoms with van der Waals surface area (Å²) in [7, 11) is 0. The molecule has 8 fully saturated rings. The topological polar surface area (TPSA) is 0 Å². The van der Waals surface area contributed by atoms with Gasteiger partial charge in [0.05, 0.1) is 0 Å². The van der Waals surface area contributed by atoms with Gasteiger partial charge in [-0.15, -0.1) is 0 Å². The molecule has 0 N–H and O–H groups in total. The van der Waals surface area contributed by atoms with Gasteiger partial charge >= 0.3 is 0 Å². The van der Waals surface area contributed by atoms with Crippen molar-refractivity contribution in [3.63, 3.8) is 0 Å². The summed E-state index contributed by atoms with van der Waals surface area (Å²) in [6, 6.07) is 0. The zero-order chi connectivity index (χ0) is 16.6. The van der Waals surface area contributed by atoms with E-state index in [0.717, 1.165) is 58.0 Å². The zero-order valence-corrected chi connectivity index (χ0v) is 17.1. The SMILES string of the molecule is CCCCSC1(C2C3CC4CC(C3)CC2C4)C2CC3CC(C2)CC1C3. The number of unbranched alkanes of at least 4 members (excludes halogenated alkanes) is 1. The summed E-state index contributed by atoms with van der Waals surface area (Å²) in [5, 5.41) is 0.